The first kappa shape index (κ1) is 32.0. The minimum absolute atomic E-state index is 0.168. The van der Waals surface area contributed by atoms with Gasteiger partial charge in [-0.1, -0.05) is 17.7 Å². The molecule has 0 bridgehead atoms. The molecule has 1 saturated heterocycles. The van der Waals surface area contributed by atoms with Crippen LogP contribution in [0.4, 0.5) is 11.6 Å². The van der Waals surface area contributed by atoms with Gasteiger partial charge in [-0.2, -0.15) is 10.2 Å². The molecule has 2 aliphatic rings. The first-order valence-electron chi connectivity index (χ1n) is 16.5. The quantitative estimate of drug-likeness (QED) is 0.183. The molecule has 5 heterocycles. The second-order valence-electron chi connectivity index (χ2n) is 12.2. The van der Waals surface area contributed by atoms with E-state index in [9.17, 15) is 0 Å². The lowest BCUT2D eigenvalue weighted by Gasteiger charge is -2.38. The Hall–Kier alpha value is -4.53. The number of morpholine rings is 1. The first-order chi connectivity index (χ1) is 23.6. The number of rotatable bonds is 13. The summed E-state index contributed by atoms with van der Waals surface area (Å²) in [6, 6.07) is 8.45. The summed E-state index contributed by atoms with van der Waals surface area (Å²) in [6.07, 6.45) is 16.6. The summed E-state index contributed by atoms with van der Waals surface area (Å²) in [7, 11) is 0. The molecule has 252 valence electrons. The summed E-state index contributed by atoms with van der Waals surface area (Å²) in [4.78, 5) is 15.8. The van der Waals surface area contributed by atoms with Crippen molar-refractivity contribution in [2.24, 2.45) is 0 Å². The number of nitrogens with zero attached hydrogens (tertiary/aromatic N) is 10. The highest BCUT2D eigenvalue weighted by Gasteiger charge is 2.29. The van der Waals surface area contributed by atoms with Crippen molar-refractivity contribution in [3.8, 4) is 22.8 Å². The van der Waals surface area contributed by atoms with E-state index in [4.69, 9.17) is 30.9 Å². The number of nitrogens with one attached hydrogen (secondary N) is 1. The van der Waals surface area contributed by atoms with E-state index in [2.05, 4.69) is 40.0 Å². The molecule has 1 aromatic carbocycles. The Bertz CT molecular complexity index is 1720. The van der Waals surface area contributed by atoms with Crippen molar-refractivity contribution in [1.29, 1.82) is 0 Å². The molecule has 7 rings (SSSR count). The number of benzene rings is 1. The van der Waals surface area contributed by atoms with Crippen molar-refractivity contribution < 1.29 is 14.2 Å². The van der Waals surface area contributed by atoms with Gasteiger partial charge in [0.25, 0.3) is 5.88 Å². The van der Waals surface area contributed by atoms with Crippen LogP contribution < -0.4 is 14.8 Å². The van der Waals surface area contributed by atoms with Crippen LogP contribution in [-0.2, 0) is 17.8 Å². The van der Waals surface area contributed by atoms with E-state index >= 15 is 0 Å². The summed E-state index contributed by atoms with van der Waals surface area (Å²) >= 11 is 6.47. The van der Waals surface area contributed by atoms with Gasteiger partial charge in [0.1, 0.15) is 36.8 Å². The third-order valence-corrected chi connectivity index (χ3v) is 9.13. The average Bonchev–Trinajstić information content (AvgIpc) is 3.91. The van der Waals surface area contributed by atoms with Crippen LogP contribution in [0.15, 0.2) is 67.9 Å². The highest BCUT2D eigenvalue weighted by Crippen LogP contribution is 2.35. The molecule has 48 heavy (non-hydrogen) atoms. The minimum Gasteiger partial charge on any atom is -0.487 e. The topological polar surface area (TPSA) is 135 Å². The lowest BCUT2D eigenvalue weighted by atomic mass is 9.90. The normalized spacial score (nSPS) is 19.2. The van der Waals surface area contributed by atoms with Gasteiger partial charge in [-0.3, -0.25) is 14.3 Å². The molecule has 1 aliphatic heterocycles. The van der Waals surface area contributed by atoms with Gasteiger partial charge in [0.15, 0.2) is 0 Å². The summed E-state index contributed by atoms with van der Waals surface area (Å²) < 4.78 is 23.5. The smallest absolute Gasteiger partial charge is 0.257 e. The fourth-order valence-electron chi connectivity index (χ4n) is 6.33. The van der Waals surface area contributed by atoms with Crippen LogP contribution in [0.3, 0.4) is 0 Å². The van der Waals surface area contributed by atoms with Gasteiger partial charge in [0, 0.05) is 49.5 Å². The molecule has 0 unspecified atom stereocenters. The summed E-state index contributed by atoms with van der Waals surface area (Å²) in [5.74, 6) is 1.54. The van der Waals surface area contributed by atoms with Crippen molar-refractivity contribution in [3.05, 3.63) is 72.9 Å². The van der Waals surface area contributed by atoms with Crippen LogP contribution in [0.1, 0.15) is 38.6 Å². The molecule has 15 heteroatoms. The van der Waals surface area contributed by atoms with E-state index in [0.717, 1.165) is 68.8 Å². The van der Waals surface area contributed by atoms with E-state index in [1.165, 1.54) is 6.33 Å². The number of hydrogen-bond donors (Lipinski definition) is 1. The minimum atomic E-state index is -0.168. The molecule has 1 atom stereocenters. The molecular formula is C33H40ClN11O3. The SMILES string of the molecule is C[C@@H](Cn1cncn1)Oc1cc(-c2cnc(Nc3cn([C@H]4CC[C@H](N5CCOCC5)CC4)nc3OCCn3cccn3)nc2)ccc1Cl. The zero-order valence-corrected chi connectivity index (χ0v) is 27.7. The molecule has 14 nitrogen and oxygen atoms in total. The Kier molecular flexibility index (Phi) is 10.1. The first-order valence-corrected chi connectivity index (χ1v) is 16.8. The largest absolute Gasteiger partial charge is 0.487 e. The van der Waals surface area contributed by atoms with Gasteiger partial charge < -0.3 is 19.5 Å². The van der Waals surface area contributed by atoms with E-state index in [0.29, 0.717) is 54.4 Å². The fourth-order valence-corrected chi connectivity index (χ4v) is 6.50. The maximum Gasteiger partial charge on any atom is 0.257 e. The molecule has 1 aliphatic carbocycles. The lowest BCUT2D eigenvalue weighted by molar-refractivity contribution is 0.00503. The lowest BCUT2D eigenvalue weighted by Crippen LogP contribution is -2.45. The molecule has 1 N–H and O–H groups in total. The Morgan fingerprint density at radius 3 is 2.58 bits per heavy atom. The molecule has 4 aromatic heterocycles. The van der Waals surface area contributed by atoms with Crippen LogP contribution in [0, 0.1) is 0 Å². The van der Waals surface area contributed by atoms with Crippen molar-refractivity contribution in [2.75, 3.05) is 38.2 Å². The molecule has 2 fully saturated rings. The number of halogens is 1. The van der Waals surface area contributed by atoms with Crippen molar-refractivity contribution in [3.63, 3.8) is 0 Å². The number of hydrogen-bond acceptors (Lipinski definition) is 11. The molecule has 0 amide bonds. The van der Waals surface area contributed by atoms with E-state index in [-0.39, 0.29) is 6.10 Å². The Balaban J connectivity index is 1.03. The van der Waals surface area contributed by atoms with Gasteiger partial charge in [-0.05, 0) is 56.4 Å². The molecule has 0 radical (unpaired) electrons. The van der Waals surface area contributed by atoms with Crippen molar-refractivity contribution in [2.45, 2.75) is 63.9 Å². The van der Waals surface area contributed by atoms with E-state index in [1.54, 1.807) is 29.6 Å². The predicted octanol–water partition coefficient (Wildman–Crippen LogP) is 4.89. The van der Waals surface area contributed by atoms with Crippen molar-refractivity contribution in [1.82, 2.24) is 49.2 Å². The number of anilines is 2. The zero-order valence-electron chi connectivity index (χ0n) is 26.9. The molecule has 0 spiro atoms. The standard InChI is InChI=1S/C33H40ClN11O3/c1-24(20-44-23-35-22-39-44)48-31-17-25(3-8-29(31)34)26-18-36-33(37-19-26)40-30-21-45(41-32(30)47-16-13-43-10-2-9-38-43)28-6-4-27(5-7-28)42-11-14-46-15-12-42/h2-3,8-10,17-19,21-24,27-28H,4-7,11-16,20H2,1H3,(H,36,37,40)/t24-,27-,28-/m0/s1. The number of aromatic nitrogens is 9. The van der Waals surface area contributed by atoms with Crippen molar-refractivity contribution >= 4 is 23.2 Å². The van der Waals surface area contributed by atoms with Gasteiger partial charge in [0.2, 0.25) is 5.95 Å². The third-order valence-electron chi connectivity index (χ3n) is 8.82. The third kappa shape index (κ3) is 7.94. The van der Waals surface area contributed by atoms with Gasteiger partial charge >= 0.3 is 0 Å². The fraction of sp³-hybridized carbons (Fsp3) is 0.455. The monoisotopic (exact) mass is 673 g/mol. The zero-order chi connectivity index (χ0) is 32.7. The van der Waals surface area contributed by atoms with Gasteiger partial charge in [-0.15, -0.1) is 5.10 Å². The average molecular weight is 674 g/mol. The highest BCUT2D eigenvalue weighted by molar-refractivity contribution is 6.32. The maximum atomic E-state index is 6.47. The Morgan fingerprint density at radius 2 is 1.83 bits per heavy atom. The van der Waals surface area contributed by atoms with Gasteiger partial charge in [-0.25, -0.2) is 19.6 Å². The van der Waals surface area contributed by atoms with Crippen LogP contribution in [0.25, 0.3) is 11.1 Å². The van der Waals surface area contributed by atoms with E-state index < -0.39 is 0 Å². The maximum absolute atomic E-state index is 6.47. The second kappa shape index (κ2) is 15.1. The van der Waals surface area contributed by atoms with Gasteiger partial charge in [0.05, 0.1) is 43.6 Å². The number of ether oxygens (including phenoxy) is 3. The highest BCUT2D eigenvalue weighted by atomic mass is 35.5. The Morgan fingerprint density at radius 1 is 1.02 bits per heavy atom. The van der Waals surface area contributed by atoms with Crippen LogP contribution in [-0.4, -0.2) is 94.2 Å². The van der Waals surface area contributed by atoms with E-state index in [1.807, 2.05) is 48.3 Å². The molecule has 5 aromatic rings. The van der Waals surface area contributed by atoms with Crippen LogP contribution in [0.2, 0.25) is 5.02 Å². The Labute approximate surface area is 284 Å². The summed E-state index contributed by atoms with van der Waals surface area (Å²) in [5.41, 5.74) is 2.44. The summed E-state index contributed by atoms with van der Waals surface area (Å²) in [6.45, 7) is 7.25. The summed E-state index contributed by atoms with van der Waals surface area (Å²) in [5, 5.41) is 17.2. The second-order valence-corrected chi connectivity index (χ2v) is 12.6. The van der Waals surface area contributed by atoms with Crippen LogP contribution in [0.5, 0.6) is 11.6 Å². The predicted molar refractivity (Wildman–Crippen MR) is 180 cm³/mol. The molecule has 1 saturated carbocycles. The van der Waals surface area contributed by atoms with Crippen LogP contribution >= 0.6 is 11.6 Å². The molecular weight excluding hydrogens is 634 g/mol.